The summed E-state index contributed by atoms with van der Waals surface area (Å²) in [6, 6.07) is 69.5. The summed E-state index contributed by atoms with van der Waals surface area (Å²) in [5, 5.41) is 3.21. The van der Waals surface area contributed by atoms with Gasteiger partial charge in [-0.1, -0.05) is 185 Å². The van der Waals surface area contributed by atoms with E-state index in [0.717, 1.165) is 83.3 Å². The first-order chi connectivity index (χ1) is 33.7. The van der Waals surface area contributed by atoms with Crippen molar-refractivity contribution in [2.75, 3.05) is 0 Å². The first kappa shape index (κ1) is 42.6. The van der Waals surface area contributed by atoms with Crippen molar-refractivity contribution in [3.63, 3.8) is 0 Å². The first-order valence-electron chi connectivity index (χ1n) is 22.8. The van der Waals surface area contributed by atoms with Gasteiger partial charge in [0.05, 0.1) is 11.0 Å². The molecule has 69 heavy (non-hydrogen) atoms. The Hall–Kier alpha value is -7.75. The van der Waals surface area contributed by atoms with Crippen molar-refractivity contribution in [1.29, 1.82) is 0 Å². The maximum atomic E-state index is 7.47. The van der Waals surface area contributed by atoms with Crippen LogP contribution in [0, 0.1) is 0 Å². The van der Waals surface area contributed by atoms with Gasteiger partial charge in [0.2, 0.25) is 0 Å². The molecule has 2 nitrogen and oxygen atoms in total. The molecule has 12 aromatic rings. The zero-order chi connectivity index (χ0) is 47.1. The number of rotatable bonds is 7. The fourth-order valence-electron chi connectivity index (χ4n) is 10.4. The average Bonchev–Trinajstić information content (AvgIpc) is 3.94. The predicted molar refractivity (Wildman–Crippen MR) is 300 cm³/mol. The van der Waals surface area contributed by atoms with Crippen LogP contribution in [0.15, 0.2) is 200 Å². The van der Waals surface area contributed by atoms with E-state index in [1.165, 1.54) is 0 Å². The summed E-state index contributed by atoms with van der Waals surface area (Å²) in [5.41, 5.74) is 17.0. The zero-order valence-electron chi connectivity index (χ0n) is 37.5. The highest BCUT2D eigenvalue weighted by molar-refractivity contribution is 6.69. The highest BCUT2D eigenvalue weighted by Gasteiger charge is 2.25. The third-order valence-electron chi connectivity index (χ3n) is 13.7. The number of aromatic nitrogens is 2. The van der Waals surface area contributed by atoms with E-state index in [0.29, 0.717) is 43.8 Å². The van der Waals surface area contributed by atoms with E-state index in [1.54, 1.807) is 0 Å². The third-order valence-corrected chi connectivity index (χ3v) is 13.7. The molecule has 10 aromatic carbocycles. The second kappa shape index (κ2) is 16.8. The highest BCUT2D eigenvalue weighted by Crippen LogP contribution is 2.41. The molecule has 0 bridgehead atoms. The third kappa shape index (κ3) is 6.81. The molecule has 0 atom stereocenters. The summed E-state index contributed by atoms with van der Waals surface area (Å²) in [6.07, 6.45) is 0. The van der Waals surface area contributed by atoms with E-state index in [-0.39, 0.29) is 21.9 Å². The van der Waals surface area contributed by atoms with Crippen LogP contribution in [0.25, 0.3) is 111 Å². The van der Waals surface area contributed by atoms with Gasteiger partial charge in [0.15, 0.2) is 0 Å². The summed E-state index contributed by atoms with van der Waals surface area (Å²) in [6.45, 7) is 0. The van der Waals surface area contributed by atoms with Crippen LogP contribution in [-0.4, -0.2) is 64.1 Å². The molecule has 2 heterocycles. The quantitative estimate of drug-likeness (QED) is 0.145. The number of hydrogen-bond acceptors (Lipinski definition) is 0. The number of fused-ring (bicyclic) bond motifs is 6. The lowest BCUT2D eigenvalue weighted by Crippen LogP contribution is -2.48. The number of benzene rings is 10. The summed E-state index contributed by atoms with van der Waals surface area (Å²) in [5.74, 6) is 0. The molecular weight excluding hydrogens is 824 g/mol. The Kier molecular flexibility index (Phi) is 10.4. The maximum Gasteiger partial charge on any atom is 0.115 e. The van der Waals surface area contributed by atoms with Crippen molar-refractivity contribution >= 4 is 137 Å². The highest BCUT2D eigenvalue weighted by atomic mass is 15.0. The minimum atomic E-state index is 0.171. The molecule has 0 aliphatic heterocycles. The topological polar surface area (TPSA) is 9.86 Å². The fourth-order valence-corrected chi connectivity index (χ4v) is 10.4. The van der Waals surface area contributed by atoms with Crippen molar-refractivity contribution in [2.45, 2.75) is 0 Å². The molecular formula is C60H33B7N2. The van der Waals surface area contributed by atoms with Crippen molar-refractivity contribution in [2.24, 2.45) is 0 Å². The molecule has 0 saturated carbocycles. The van der Waals surface area contributed by atoms with Crippen LogP contribution in [-0.2, 0) is 0 Å². The smallest absolute Gasteiger partial charge is 0.115 e. The summed E-state index contributed by atoms with van der Waals surface area (Å²) in [4.78, 5) is 0. The Morgan fingerprint density at radius 2 is 0.739 bits per heavy atom. The molecule has 0 saturated heterocycles. The molecule has 0 aliphatic rings. The Labute approximate surface area is 410 Å². The van der Waals surface area contributed by atoms with E-state index in [4.69, 9.17) is 54.9 Å². The summed E-state index contributed by atoms with van der Waals surface area (Å²) < 4.78 is 4.28. The standard InChI is InChI=1S/C60H33B7N2/c61-52-48(53(62)57(66)59-50(52)51-54(63)55(64)56(65)58(67)60(51)69(59)42-29-26-38(27-30-42)35-14-6-2-7-15-35)41-28-31-46-45(33-41)49-44(39-24-22-37(23-25-39)34-12-4-1-5-13-34)20-11-21-47(49)68(46)43-19-10-18-40(32-43)36-16-8-3-9-17-36/h1-33H. The minimum Gasteiger partial charge on any atom is -0.311 e. The average molecular weight is 858 g/mol. The van der Waals surface area contributed by atoms with Crippen LogP contribution < -0.4 is 38.2 Å². The second-order valence-electron chi connectivity index (χ2n) is 17.6. The summed E-state index contributed by atoms with van der Waals surface area (Å²) >= 11 is 0. The van der Waals surface area contributed by atoms with Gasteiger partial charge >= 0.3 is 0 Å². The Bertz CT molecular complexity index is 3990. The lowest BCUT2D eigenvalue weighted by atomic mass is 9.64. The molecule has 12 rings (SSSR count). The van der Waals surface area contributed by atoms with Crippen LogP contribution in [0.4, 0.5) is 0 Å². The van der Waals surface area contributed by atoms with Gasteiger partial charge in [-0.05, 0) is 103 Å². The van der Waals surface area contributed by atoms with E-state index in [9.17, 15) is 0 Å². The van der Waals surface area contributed by atoms with Gasteiger partial charge in [-0.15, -0.1) is 10.9 Å². The number of hydrogen-bond donors (Lipinski definition) is 0. The molecule has 0 fully saturated rings. The monoisotopic (exact) mass is 858 g/mol. The Balaban J connectivity index is 1.11. The molecule has 2 aromatic heterocycles. The normalized spacial score (nSPS) is 11.6. The molecule has 0 spiro atoms. The van der Waals surface area contributed by atoms with E-state index < -0.39 is 0 Å². The van der Waals surface area contributed by atoms with E-state index in [1.807, 2.05) is 47.0 Å². The van der Waals surface area contributed by atoms with Gasteiger partial charge in [-0.2, -0.15) is 0 Å². The second-order valence-corrected chi connectivity index (χ2v) is 17.6. The van der Waals surface area contributed by atoms with Gasteiger partial charge < -0.3 is 9.13 Å². The SMILES string of the molecule is [B]c1c([B])c([B])c2c(c1[B])c1c([B])c(-c3ccc4c(c3)c3c(-c5ccc(-c6ccccc6)cc5)cccc3n4-c3cccc(-c4ccccc4)c3)c([B])c([B])c1n2-c1ccc(-c2ccccc2)cc1. The molecule has 0 aliphatic carbocycles. The van der Waals surface area contributed by atoms with Crippen LogP contribution >= 0.6 is 0 Å². The molecule has 14 radical (unpaired) electrons. The Morgan fingerprint density at radius 3 is 1.36 bits per heavy atom. The van der Waals surface area contributed by atoms with E-state index >= 15 is 0 Å². The lowest BCUT2D eigenvalue weighted by molar-refractivity contribution is 1.18. The maximum absolute atomic E-state index is 7.47. The van der Waals surface area contributed by atoms with Crippen LogP contribution in [0.5, 0.6) is 0 Å². The van der Waals surface area contributed by atoms with Crippen LogP contribution in [0.2, 0.25) is 0 Å². The molecule has 0 unspecified atom stereocenters. The first-order valence-corrected chi connectivity index (χ1v) is 22.8. The minimum absolute atomic E-state index is 0.171. The molecule has 0 N–H and O–H groups in total. The van der Waals surface area contributed by atoms with E-state index in [2.05, 4.69) is 162 Å². The zero-order valence-corrected chi connectivity index (χ0v) is 37.5. The van der Waals surface area contributed by atoms with Crippen LogP contribution in [0.3, 0.4) is 0 Å². The van der Waals surface area contributed by atoms with Gasteiger partial charge in [0, 0.05) is 38.6 Å². The predicted octanol–water partition coefficient (Wildman–Crippen LogP) is 7.77. The van der Waals surface area contributed by atoms with Gasteiger partial charge in [0.1, 0.15) is 54.9 Å². The summed E-state index contributed by atoms with van der Waals surface area (Å²) in [7, 11) is 49.0. The molecule has 304 valence electrons. The van der Waals surface area contributed by atoms with Crippen molar-refractivity contribution < 1.29 is 0 Å². The van der Waals surface area contributed by atoms with Crippen LogP contribution in [0.1, 0.15) is 0 Å². The lowest BCUT2D eigenvalue weighted by Gasteiger charge is -2.19. The number of nitrogens with zero attached hydrogens (tertiary/aromatic N) is 2. The van der Waals surface area contributed by atoms with Crippen molar-refractivity contribution in [1.82, 2.24) is 9.13 Å². The van der Waals surface area contributed by atoms with Gasteiger partial charge in [-0.3, -0.25) is 0 Å². The largest absolute Gasteiger partial charge is 0.311 e. The van der Waals surface area contributed by atoms with Gasteiger partial charge in [-0.25, -0.2) is 0 Å². The van der Waals surface area contributed by atoms with Crippen molar-refractivity contribution in [3.05, 3.63) is 200 Å². The van der Waals surface area contributed by atoms with Crippen molar-refractivity contribution in [3.8, 4) is 67.0 Å². The van der Waals surface area contributed by atoms with Gasteiger partial charge in [0.25, 0.3) is 0 Å². The molecule has 0 amide bonds. The Morgan fingerprint density at radius 1 is 0.261 bits per heavy atom. The fraction of sp³-hybridized carbons (Fsp3) is 0. The molecule has 9 heteroatoms.